The summed E-state index contributed by atoms with van der Waals surface area (Å²) < 4.78 is 27.8. The Morgan fingerprint density at radius 1 is 1.45 bits per heavy atom. The van der Waals surface area contributed by atoms with E-state index in [1.54, 1.807) is 17.0 Å². The van der Waals surface area contributed by atoms with Gasteiger partial charge in [-0.2, -0.15) is 0 Å². The number of rotatable bonds is 3. The average molecular weight is 304 g/mol. The molecule has 1 unspecified atom stereocenters. The van der Waals surface area contributed by atoms with E-state index in [0.717, 1.165) is 12.6 Å². The molecule has 7 heteroatoms. The molecule has 0 amide bonds. The summed E-state index contributed by atoms with van der Waals surface area (Å²) in [4.78, 5) is 9.96. The molecule has 1 atom stereocenters. The fraction of sp³-hybridized carbons (Fsp3) is 0.333. The van der Waals surface area contributed by atoms with Crippen LogP contribution in [0.15, 0.2) is 24.4 Å². The van der Waals surface area contributed by atoms with E-state index in [0.29, 0.717) is 30.0 Å². The highest BCUT2D eigenvalue weighted by Gasteiger charge is 2.30. The number of anilines is 3. The first-order chi connectivity index (χ1) is 11.0. The number of aromatic nitrogens is 2. The van der Waals surface area contributed by atoms with Crippen LogP contribution >= 0.6 is 0 Å². The molecule has 1 aliphatic rings. The Kier molecular flexibility index (Phi) is 3.38. The zero-order valence-corrected chi connectivity index (χ0v) is 12.2. The Hall–Kier alpha value is -2.57. The minimum Gasteiger partial charge on any atom is -0.481 e. The molecule has 1 fully saturated rings. The van der Waals surface area contributed by atoms with Gasteiger partial charge in [0, 0.05) is 12.1 Å². The van der Waals surface area contributed by atoms with Crippen molar-refractivity contribution in [1.29, 1.82) is 0 Å². The number of methoxy groups -OCH3 is 1. The molecule has 0 aromatic carbocycles. The number of nitrogen functional groups attached to an aromatic ring is 2. The van der Waals surface area contributed by atoms with Crippen molar-refractivity contribution in [1.82, 2.24) is 9.97 Å². The third-order valence-corrected chi connectivity index (χ3v) is 3.66. The molecule has 3 rings (SSSR count). The predicted octanol–water partition coefficient (Wildman–Crippen LogP) is 2.13. The van der Waals surface area contributed by atoms with E-state index in [9.17, 15) is 4.39 Å². The van der Waals surface area contributed by atoms with E-state index >= 15 is 0 Å². The van der Waals surface area contributed by atoms with Gasteiger partial charge in [-0.1, -0.05) is 0 Å². The second kappa shape index (κ2) is 5.67. The molecule has 4 N–H and O–H groups in total. The number of ether oxygens (including phenoxy) is 1. The molecule has 1 aliphatic heterocycles. The average Bonchev–Trinajstić information content (AvgIpc) is 2.93. The van der Waals surface area contributed by atoms with Crippen LogP contribution in [-0.4, -0.2) is 23.6 Å². The van der Waals surface area contributed by atoms with Gasteiger partial charge in [0.2, 0.25) is 5.88 Å². The quantitative estimate of drug-likeness (QED) is 0.903. The highest BCUT2D eigenvalue weighted by molar-refractivity contribution is 5.63. The molecule has 0 saturated carbocycles. The summed E-state index contributed by atoms with van der Waals surface area (Å²) in [5, 5.41) is 0. The first kappa shape index (κ1) is 13.1. The normalized spacial score (nSPS) is 21.7. The van der Waals surface area contributed by atoms with Crippen molar-refractivity contribution in [2.45, 2.75) is 18.9 Å². The topological polar surface area (TPSA) is 90.3 Å². The van der Waals surface area contributed by atoms with Crippen molar-refractivity contribution < 1.29 is 10.5 Å². The van der Waals surface area contributed by atoms with Crippen LogP contribution in [-0.2, 0) is 0 Å². The van der Waals surface area contributed by atoms with Crippen molar-refractivity contribution in [3.05, 3.63) is 35.8 Å². The summed E-state index contributed by atoms with van der Waals surface area (Å²) in [6.45, 7) is 0.597. The van der Waals surface area contributed by atoms with Crippen molar-refractivity contribution in [2.24, 2.45) is 0 Å². The Labute approximate surface area is 129 Å². The summed E-state index contributed by atoms with van der Waals surface area (Å²) in [5.74, 6) is 0.456. The maximum atomic E-state index is 13.7. The van der Waals surface area contributed by atoms with Crippen molar-refractivity contribution in [2.75, 3.05) is 30.0 Å². The second-order valence-electron chi connectivity index (χ2n) is 5.06. The van der Waals surface area contributed by atoms with Crippen molar-refractivity contribution in [3.63, 3.8) is 0 Å². The smallest absolute Gasteiger partial charge is 0.218 e. The van der Waals surface area contributed by atoms with Gasteiger partial charge < -0.3 is 21.1 Å². The summed E-state index contributed by atoms with van der Waals surface area (Å²) in [6, 6.07) is 3.42. The van der Waals surface area contributed by atoms with Crippen molar-refractivity contribution in [3.8, 4) is 5.88 Å². The number of hydrogen-bond acceptors (Lipinski definition) is 6. The first-order valence-corrected chi connectivity index (χ1v) is 6.95. The molecule has 116 valence electrons. The van der Waals surface area contributed by atoms with Gasteiger partial charge in [-0.25, -0.2) is 14.4 Å². The number of nitrogens with two attached hydrogens (primary N) is 2. The highest BCUT2D eigenvalue weighted by atomic mass is 19.1. The van der Waals surface area contributed by atoms with Gasteiger partial charge in [0.1, 0.15) is 17.5 Å². The van der Waals surface area contributed by atoms with Crippen LogP contribution in [0.1, 0.15) is 25.8 Å². The maximum absolute atomic E-state index is 13.7. The lowest BCUT2D eigenvalue weighted by Crippen LogP contribution is -2.24. The Morgan fingerprint density at radius 3 is 3.00 bits per heavy atom. The molecule has 1 saturated heterocycles. The van der Waals surface area contributed by atoms with Crippen LogP contribution in [0.4, 0.5) is 21.7 Å². The van der Waals surface area contributed by atoms with Crippen LogP contribution in [0, 0.1) is 5.82 Å². The minimum atomic E-state index is -1.23. The van der Waals surface area contributed by atoms with Crippen molar-refractivity contribution >= 4 is 17.3 Å². The van der Waals surface area contributed by atoms with Gasteiger partial charge in [0.05, 0.1) is 26.4 Å². The fourth-order valence-electron chi connectivity index (χ4n) is 2.63. The number of hydrogen-bond donors (Lipinski definition) is 2. The third kappa shape index (κ3) is 2.49. The molecule has 0 spiro atoms. The zero-order valence-electron chi connectivity index (χ0n) is 13.2. The molecule has 0 aliphatic carbocycles. The van der Waals surface area contributed by atoms with Gasteiger partial charge >= 0.3 is 0 Å². The van der Waals surface area contributed by atoms with E-state index in [-0.39, 0.29) is 11.7 Å². The molecule has 0 radical (unpaired) electrons. The molecule has 2 aromatic heterocycles. The van der Waals surface area contributed by atoms with Crippen LogP contribution in [0.25, 0.3) is 0 Å². The SMILES string of the molecule is [2H]C1(c2cc(F)cnc2OC)CCCN1c1ccc(N)c(N)n1. The highest BCUT2D eigenvalue weighted by Crippen LogP contribution is 2.39. The Bertz CT molecular complexity index is 744. The third-order valence-electron chi connectivity index (χ3n) is 3.66. The van der Waals surface area contributed by atoms with E-state index < -0.39 is 11.8 Å². The van der Waals surface area contributed by atoms with Crippen LogP contribution in [0.2, 0.25) is 0 Å². The minimum absolute atomic E-state index is 0.209. The Balaban J connectivity index is 2.09. The van der Waals surface area contributed by atoms with Crippen LogP contribution in [0.3, 0.4) is 0 Å². The predicted molar refractivity (Wildman–Crippen MR) is 83.1 cm³/mol. The lowest BCUT2D eigenvalue weighted by molar-refractivity contribution is 0.385. The second-order valence-corrected chi connectivity index (χ2v) is 5.06. The van der Waals surface area contributed by atoms with Crippen LogP contribution < -0.4 is 21.1 Å². The molecule has 0 bridgehead atoms. The molecule has 3 heterocycles. The van der Waals surface area contributed by atoms with Gasteiger partial charge in [-0.05, 0) is 31.0 Å². The zero-order chi connectivity index (χ0) is 16.6. The van der Waals surface area contributed by atoms with Gasteiger partial charge in [-0.15, -0.1) is 0 Å². The lowest BCUT2D eigenvalue weighted by atomic mass is 10.1. The maximum Gasteiger partial charge on any atom is 0.218 e. The number of nitrogens with zero attached hydrogens (tertiary/aromatic N) is 3. The number of halogens is 1. The van der Waals surface area contributed by atoms with Gasteiger partial charge in [0.25, 0.3) is 0 Å². The first-order valence-electron chi connectivity index (χ1n) is 7.45. The molecule has 22 heavy (non-hydrogen) atoms. The summed E-state index contributed by atoms with van der Waals surface area (Å²) >= 11 is 0. The number of pyridine rings is 2. The Morgan fingerprint density at radius 2 is 2.27 bits per heavy atom. The summed E-state index contributed by atoms with van der Waals surface area (Å²) in [6.07, 6.45) is 2.33. The largest absolute Gasteiger partial charge is 0.481 e. The lowest BCUT2D eigenvalue weighted by Gasteiger charge is -2.27. The fourth-order valence-corrected chi connectivity index (χ4v) is 2.63. The van der Waals surface area contributed by atoms with E-state index in [2.05, 4.69) is 9.97 Å². The summed E-state index contributed by atoms with van der Waals surface area (Å²) in [5.41, 5.74) is 12.2. The van der Waals surface area contributed by atoms with E-state index in [1.807, 2.05) is 0 Å². The summed E-state index contributed by atoms with van der Waals surface area (Å²) in [7, 11) is 1.45. The van der Waals surface area contributed by atoms with Gasteiger partial charge in [-0.3, -0.25) is 0 Å². The van der Waals surface area contributed by atoms with E-state index in [1.165, 1.54) is 13.2 Å². The van der Waals surface area contributed by atoms with E-state index in [4.69, 9.17) is 17.6 Å². The monoisotopic (exact) mass is 304 g/mol. The molecule has 6 nitrogen and oxygen atoms in total. The molecular formula is C15H18FN5O. The van der Waals surface area contributed by atoms with Gasteiger partial charge in [0.15, 0.2) is 0 Å². The molecule has 2 aromatic rings. The standard InChI is InChI=1S/C15H18FN5O/c1-22-15-10(7-9(16)8-19-15)12-3-2-6-21(12)13-5-4-11(17)14(18)20-13/h4-5,7-8,12H,2-3,6,17H2,1H3,(H2,18,20)/i12D. The molecular weight excluding hydrogens is 285 g/mol. The van der Waals surface area contributed by atoms with Crippen LogP contribution in [0.5, 0.6) is 5.88 Å².